The fourth-order valence-electron chi connectivity index (χ4n) is 3.62. The van der Waals surface area contributed by atoms with E-state index >= 15 is 0 Å². The van der Waals surface area contributed by atoms with Crippen molar-refractivity contribution in [2.45, 2.75) is 19.6 Å². The Morgan fingerprint density at radius 1 is 1.00 bits per heavy atom. The molecule has 0 saturated carbocycles. The smallest absolute Gasteiger partial charge is 0.328 e. The maximum absolute atomic E-state index is 12.7. The molecule has 1 fully saturated rings. The molecule has 3 aromatic carbocycles. The van der Waals surface area contributed by atoms with Crippen LogP contribution in [-0.2, 0) is 20.9 Å². The van der Waals surface area contributed by atoms with Gasteiger partial charge in [-0.15, -0.1) is 0 Å². The minimum absolute atomic E-state index is 0.215. The molecule has 0 N–H and O–H groups in total. The number of thioether (sulfide) groups is 1. The van der Waals surface area contributed by atoms with Crippen LogP contribution in [0.1, 0.15) is 18.1 Å². The number of carbonyl (C=O) groups is 3. The van der Waals surface area contributed by atoms with Crippen LogP contribution in [0.25, 0.3) is 16.8 Å². The van der Waals surface area contributed by atoms with Gasteiger partial charge < -0.3 is 14.2 Å². The van der Waals surface area contributed by atoms with Gasteiger partial charge in [-0.3, -0.25) is 14.5 Å². The topological polar surface area (TPSA) is 82.1 Å². The van der Waals surface area contributed by atoms with Crippen molar-refractivity contribution in [3.8, 4) is 11.5 Å². The van der Waals surface area contributed by atoms with Crippen LogP contribution >= 0.6 is 11.8 Å². The molecule has 1 aliphatic rings. The molecule has 1 atom stereocenters. The maximum Gasteiger partial charge on any atom is 0.328 e. The summed E-state index contributed by atoms with van der Waals surface area (Å²) in [6, 6.07) is 18.6. The molecule has 0 spiro atoms. The molecule has 34 heavy (non-hydrogen) atoms. The number of imide groups is 1. The number of hydrogen-bond acceptors (Lipinski definition) is 7. The Labute approximate surface area is 201 Å². The van der Waals surface area contributed by atoms with E-state index in [1.54, 1.807) is 24.3 Å². The van der Waals surface area contributed by atoms with E-state index in [0.717, 1.165) is 27.6 Å². The number of esters is 1. The van der Waals surface area contributed by atoms with E-state index in [1.807, 2.05) is 18.2 Å². The summed E-state index contributed by atoms with van der Waals surface area (Å²) in [5, 5.41) is 1.79. The largest absolute Gasteiger partial charge is 0.493 e. The molecule has 4 rings (SSSR count). The van der Waals surface area contributed by atoms with Gasteiger partial charge in [-0.2, -0.15) is 0 Å². The quantitative estimate of drug-likeness (QED) is 0.349. The van der Waals surface area contributed by atoms with Gasteiger partial charge in [-0.25, -0.2) is 4.79 Å². The molecule has 8 heteroatoms. The third-order valence-electron chi connectivity index (χ3n) is 5.45. The standard InChI is InChI=1S/C26H23NO6S/c1-16(25(29)32-3)27-24(28)23(34-26(27)30)14-17-9-11-21(22(13-17)31-2)33-15-18-8-10-19-6-4-5-7-20(19)12-18/h4-14,16H,15H2,1-3H3/b23-14+/t16-/m1/s1. The molecule has 0 aliphatic carbocycles. The normalized spacial score (nSPS) is 15.6. The van der Waals surface area contributed by atoms with Crippen molar-refractivity contribution < 1.29 is 28.6 Å². The highest BCUT2D eigenvalue weighted by atomic mass is 32.2. The molecule has 0 bridgehead atoms. The second-order valence-electron chi connectivity index (χ2n) is 7.63. The highest BCUT2D eigenvalue weighted by Crippen LogP contribution is 2.36. The van der Waals surface area contributed by atoms with Gasteiger partial charge in [0.05, 0.1) is 19.1 Å². The number of rotatable bonds is 7. The van der Waals surface area contributed by atoms with Crippen LogP contribution in [0.2, 0.25) is 0 Å². The van der Waals surface area contributed by atoms with E-state index < -0.39 is 23.2 Å². The van der Waals surface area contributed by atoms with Crippen molar-refractivity contribution >= 4 is 45.7 Å². The van der Waals surface area contributed by atoms with Gasteiger partial charge in [0.2, 0.25) is 0 Å². The third-order valence-corrected chi connectivity index (χ3v) is 6.33. The summed E-state index contributed by atoms with van der Waals surface area (Å²) in [4.78, 5) is 37.9. The number of ether oxygens (including phenoxy) is 3. The highest BCUT2D eigenvalue weighted by Gasteiger charge is 2.41. The summed E-state index contributed by atoms with van der Waals surface area (Å²) in [6.07, 6.45) is 1.59. The summed E-state index contributed by atoms with van der Waals surface area (Å²) < 4.78 is 16.1. The van der Waals surface area contributed by atoms with E-state index in [4.69, 9.17) is 9.47 Å². The van der Waals surface area contributed by atoms with Crippen molar-refractivity contribution in [3.05, 3.63) is 76.7 Å². The molecule has 174 valence electrons. The SMILES string of the molecule is COC(=O)[C@@H](C)N1C(=O)S/C(=C/c2ccc(OCc3ccc4ccccc4c3)c(OC)c2)C1=O. The number of nitrogens with zero attached hydrogens (tertiary/aromatic N) is 1. The minimum atomic E-state index is -0.996. The Bertz CT molecular complexity index is 1300. The fourth-order valence-corrected chi connectivity index (χ4v) is 4.53. The van der Waals surface area contributed by atoms with Gasteiger partial charge in [0.1, 0.15) is 12.6 Å². The van der Waals surface area contributed by atoms with Crippen LogP contribution < -0.4 is 9.47 Å². The molecule has 2 amide bonds. The Morgan fingerprint density at radius 3 is 2.50 bits per heavy atom. The number of hydrogen-bond donors (Lipinski definition) is 0. The molecule has 1 saturated heterocycles. The molecule has 0 aromatic heterocycles. The van der Waals surface area contributed by atoms with Gasteiger partial charge >= 0.3 is 5.97 Å². The first-order valence-electron chi connectivity index (χ1n) is 10.5. The van der Waals surface area contributed by atoms with E-state index in [2.05, 4.69) is 29.0 Å². The lowest BCUT2D eigenvalue weighted by molar-refractivity contribution is -0.148. The highest BCUT2D eigenvalue weighted by molar-refractivity contribution is 8.18. The average Bonchev–Trinajstić information content (AvgIpc) is 3.14. The van der Waals surface area contributed by atoms with E-state index in [9.17, 15) is 14.4 Å². The molecule has 1 heterocycles. The van der Waals surface area contributed by atoms with Crippen LogP contribution in [0.5, 0.6) is 11.5 Å². The first kappa shape index (κ1) is 23.4. The van der Waals surface area contributed by atoms with Crippen molar-refractivity contribution in [3.63, 3.8) is 0 Å². The number of methoxy groups -OCH3 is 2. The van der Waals surface area contributed by atoms with Crippen molar-refractivity contribution in [2.75, 3.05) is 14.2 Å². The zero-order chi connectivity index (χ0) is 24.2. The lowest BCUT2D eigenvalue weighted by Crippen LogP contribution is -2.42. The summed E-state index contributed by atoms with van der Waals surface area (Å²) in [5.41, 5.74) is 1.68. The second kappa shape index (κ2) is 10.0. The van der Waals surface area contributed by atoms with Crippen LogP contribution in [0.3, 0.4) is 0 Å². The van der Waals surface area contributed by atoms with Crippen LogP contribution in [0.15, 0.2) is 65.6 Å². The number of benzene rings is 3. The summed E-state index contributed by atoms with van der Waals surface area (Å²) in [5.74, 6) is -0.140. The Balaban J connectivity index is 1.50. The van der Waals surface area contributed by atoms with E-state index in [0.29, 0.717) is 23.7 Å². The van der Waals surface area contributed by atoms with Gasteiger partial charge in [-0.1, -0.05) is 42.5 Å². The molecule has 1 aliphatic heterocycles. The molecule has 0 radical (unpaired) electrons. The predicted octanol–water partition coefficient (Wildman–Crippen LogP) is 5.03. The zero-order valence-electron chi connectivity index (χ0n) is 18.9. The third kappa shape index (κ3) is 4.77. The predicted molar refractivity (Wildman–Crippen MR) is 131 cm³/mol. The monoisotopic (exact) mass is 477 g/mol. The van der Waals surface area contributed by atoms with E-state index in [-0.39, 0.29) is 4.91 Å². The van der Waals surface area contributed by atoms with Crippen LogP contribution in [-0.4, -0.2) is 42.3 Å². The molecular weight excluding hydrogens is 454 g/mol. The lowest BCUT2D eigenvalue weighted by atomic mass is 10.1. The number of amides is 2. The van der Waals surface area contributed by atoms with Crippen molar-refractivity contribution in [2.24, 2.45) is 0 Å². The van der Waals surface area contributed by atoms with Crippen molar-refractivity contribution in [1.29, 1.82) is 0 Å². The Morgan fingerprint density at radius 2 is 1.76 bits per heavy atom. The maximum atomic E-state index is 12.7. The summed E-state index contributed by atoms with van der Waals surface area (Å²) >= 11 is 0.778. The van der Waals surface area contributed by atoms with Crippen molar-refractivity contribution in [1.82, 2.24) is 4.90 Å². The first-order valence-corrected chi connectivity index (χ1v) is 11.4. The Hall–Kier alpha value is -3.78. The molecule has 7 nitrogen and oxygen atoms in total. The van der Waals surface area contributed by atoms with Gasteiger partial charge in [0.25, 0.3) is 11.1 Å². The number of carbonyl (C=O) groups excluding carboxylic acids is 3. The lowest BCUT2D eigenvalue weighted by Gasteiger charge is -2.18. The number of fused-ring (bicyclic) bond motifs is 1. The first-order chi connectivity index (χ1) is 16.4. The molecular formula is C26H23NO6S. The fraction of sp³-hybridized carbons (Fsp3) is 0.192. The zero-order valence-corrected chi connectivity index (χ0v) is 19.8. The second-order valence-corrected chi connectivity index (χ2v) is 8.62. The van der Waals surface area contributed by atoms with Gasteiger partial charge in [0, 0.05) is 0 Å². The van der Waals surface area contributed by atoms with E-state index in [1.165, 1.54) is 26.5 Å². The van der Waals surface area contributed by atoms with Gasteiger partial charge in [-0.05, 0) is 64.9 Å². The Kier molecular flexibility index (Phi) is 6.88. The average molecular weight is 478 g/mol. The summed E-state index contributed by atoms with van der Waals surface area (Å²) in [6.45, 7) is 1.82. The summed E-state index contributed by atoms with van der Waals surface area (Å²) in [7, 11) is 2.75. The molecule has 3 aromatic rings. The van der Waals surface area contributed by atoms with Crippen LogP contribution in [0.4, 0.5) is 4.79 Å². The minimum Gasteiger partial charge on any atom is -0.493 e. The van der Waals surface area contributed by atoms with Crippen LogP contribution in [0, 0.1) is 0 Å². The van der Waals surface area contributed by atoms with Gasteiger partial charge in [0.15, 0.2) is 11.5 Å². The molecule has 0 unspecified atom stereocenters.